The molecule has 1 saturated heterocycles. The van der Waals surface area contributed by atoms with Gasteiger partial charge in [0.2, 0.25) is 5.95 Å². The highest BCUT2D eigenvalue weighted by molar-refractivity contribution is 6.30. The Balaban J connectivity index is 1.42. The highest BCUT2D eigenvalue weighted by Gasteiger charge is 2.31. The van der Waals surface area contributed by atoms with Gasteiger partial charge in [0.05, 0.1) is 31.2 Å². The molecule has 5 heterocycles. The molecule has 37 heavy (non-hydrogen) atoms. The van der Waals surface area contributed by atoms with Gasteiger partial charge in [0.15, 0.2) is 0 Å². The first-order valence-corrected chi connectivity index (χ1v) is 12.1. The number of fused-ring (bicyclic) bond motifs is 3. The molecule has 1 aromatic carbocycles. The molecule has 6 rings (SSSR count). The van der Waals surface area contributed by atoms with Crippen LogP contribution in [0.25, 0.3) is 16.8 Å². The molecule has 0 spiro atoms. The number of halogens is 4. The molecule has 0 N–H and O–H groups in total. The molecule has 2 aliphatic rings. The lowest BCUT2D eigenvalue weighted by atomic mass is 10.0. The van der Waals surface area contributed by atoms with Gasteiger partial charge in [0.1, 0.15) is 23.3 Å². The van der Waals surface area contributed by atoms with Gasteiger partial charge in [-0.3, -0.25) is 4.40 Å². The zero-order valence-electron chi connectivity index (χ0n) is 19.4. The molecule has 0 amide bonds. The second kappa shape index (κ2) is 9.81. The summed E-state index contributed by atoms with van der Waals surface area (Å²) in [6, 6.07) is 5.70. The van der Waals surface area contributed by atoms with Crippen LogP contribution in [0.5, 0.6) is 5.75 Å². The van der Waals surface area contributed by atoms with Gasteiger partial charge >= 0.3 is 6.61 Å². The predicted octanol–water partition coefficient (Wildman–Crippen LogP) is 4.68. The van der Waals surface area contributed by atoms with Crippen molar-refractivity contribution in [3.63, 3.8) is 0 Å². The van der Waals surface area contributed by atoms with Crippen molar-refractivity contribution >= 4 is 23.2 Å². The third-order valence-corrected chi connectivity index (χ3v) is 6.64. The van der Waals surface area contributed by atoms with Crippen LogP contribution in [-0.2, 0) is 15.9 Å². The minimum Gasteiger partial charge on any atom is -0.434 e. The monoisotopic (exact) mass is 531 g/mol. The van der Waals surface area contributed by atoms with Crippen LogP contribution in [0.15, 0.2) is 42.9 Å². The molecular weight excluding hydrogens is 511 g/mol. The number of hydrogen-bond acceptors (Lipinski definition) is 7. The van der Waals surface area contributed by atoms with E-state index in [1.807, 2.05) is 4.90 Å². The lowest BCUT2D eigenvalue weighted by Gasteiger charge is -2.26. The fourth-order valence-electron chi connectivity index (χ4n) is 4.71. The number of imidazole rings is 1. The van der Waals surface area contributed by atoms with Gasteiger partial charge in [-0.25, -0.2) is 19.3 Å². The predicted molar refractivity (Wildman–Crippen MR) is 129 cm³/mol. The number of anilines is 1. The molecule has 1 atom stereocenters. The molecule has 0 saturated carbocycles. The zero-order valence-corrected chi connectivity index (χ0v) is 20.2. The standard InChI is InChI=1S/C25H21ClF3N5O3/c26-15-1-2-20(37-24(28)29)16(9-15)23-22-19(3-6-36-23)32-21-10-18(27)17(13-34(21)22)14-11-30-25(31-12-14)33-4-7-35-8-5-33/h1-2,9-13,23-24H,3-8H2. The molecule has 192 valence electrons. The van der Waals surface area contributed by atoms with Crippen LogP contribution in [0.4, 0.5) is 19.1 Å². The topological polar surface area (TPSA) is 74.0 Å². The summed E-state index contributed by atoms with van der Waals surface area (Å²) in [6.45, 7) is -0.156. The fraction of sp³-hybridized carbons (Fsp3) is 0.320. The summed E-state index contributed by atoms with van der Waals surface area (Å²) in [5.74, 6) is 0.00989. The van der Waals surface area contributed by atoms with E-state index >= 15 is 4.39 Å². The Hall–Kier alpha value is -3.41. The largest absolute Gasteiger partial charge is 0.434 e. The quantitative estimate of drug-likeness (QED) is 0.370. The average molecular weight is 532 g/mol. The number of pyridine rings is 1. The van der Waals surface area contributed by atoms with Crippen molar-refractivity contribution in [2.24, 2.45) is 0 Å². The van der Waals surface area contributed by atoms with E-state index in [0.717, 1.165) is 0 Å². The Bertz CT molecular complexity index is 1440. The van der Waals surface area contributed by atoms with Crippen LogP contribution in [-0.4, -0.2) is 58.9 Å². The van der Waals surface area contributed by atoms with Crippen LogP contribution in [0.1, 0.15) is 23.1 Å². The third-order valence-electron chi connectivity index (χ3n) is 6.41. The summed E-state index contributed by atoms with van der Waals surface area (Å²) in [7, 11) is 0. The molecular formula is C25H21ClF3N5O3. The Kier molecular flexibility index (Phi) is 6.35. The van der Waals surface area contributed by atoms with E-state index < -0.39 is 18.5 Å². The van der Waals surface area contributed by atoms with E-state index in [2.05, 4.69) is 15.0 Å². The van der Waals surface area contributed by atoms with Crippen LogP contribution in [0.2, 0.25) is 5.02 Å². The zero-order chi connectivity index (χ0) is 25.5. The molecule has 0 bridgehead atoms. The highest BCUT2D eigenvalue weighted by Crippen LogP contribution is 2.40. The van der Waals surface area contributed by atoms with Crippen LogP contribution in [0.3, 0.4) is 0 Å². The van der Waals surface area contributed by atoms with Crippen molar-refractivity contribution in [2.45, 2.75) is 19.1 Å². The lowest BCUT2D eigenvalue weighted by Crippen LogP contribution is -2.37. The molecule has 0 radical (unpaired) electrons. The Morgan fingerprint density at radius 3 is 2.62 bits per heavy atom. The SMILES string of the molecule is Fc1cc2nc3c(n2cc1-c1cnc(N2CCOCC2)nc1)C(c1cc(Cl)ccc1OC(F)F)OCC3. The number of hydrogen-bond donors (Lipinski definition) is 0. The Labute approximate surface area is 214 Å². The fourth-order valence-corrected chi connectivity index (χ4v) is 4.89. The minimum absolute atomic E-state index is 0.0540. The molecule has 1 unspecified atom stereocenters. The summed E-state index contributed by atoms with van der Waals surface area (Å²) >= 11 is 6.19. The van der Waals surface area contributed by atoms with Gasteiger partial charge in [-0.2, -0.15) is 8.78 Å². The maximum atomic E-state index is 15.2. The first kappa shape index (κ1) is 24.0. The second-order valence-corrected chi connectivity index (χ2v) is 9.08. The van der Waals surface area contributed by atoms with Crippen LogP contribution >= 0.6 is 11.6 Å². The third kappa shape index (κ3) is 4.58. The first-order valence-electron chi connectivity index (χ1n) is 11.7. The molecule has 8 nitrogen and oxygen atoms in total. The number of aromatic nitrogens is 4. The van der Waals surface area contributed by atoms with E-state index in [4.69, 9.17) is 25.8 Å². The molecule has 3 aromatic heterocycles. The van der Waals surface area contributed by atoms with Crippen LogP contribution in [0, 0.1) is 5.82 Å². The van der Waals surface area contributed by atoms with E-state index in [1.165, 1.54) is 24.3 Å². The normalized spacial score (nSPS) is 17.9. The second-order valence-electron chi connectivity index (χ2n) is 8.64. The Morgan fingerprint density at radius 2 is 1.86 bits per heavy atom. The van der Waals surface area contributed by atoms with E-state index in [0.29, 0.717) is 78.5 Å². The molecule has 2 aliphatic heterocycles. The molecule has 4 aromatic rings. The molecule has 1 fully saturated rings. The minimum atomic E-state index is -3.02. The van der Waals surface area contributed by atoms with Crippen LogP contribution < -0.4 is 9.64 Å². The number of nitrogens with zero attached hydrogens (tertiary/aromatic N) is 5. The summed E-state index contributed by atoms with van der Waals surface area (Å²) in [5, 5.41) is 0.338. The lowest BCUT2D eigenvalue weighted by molar-refractivity contribution is -0.0522. The number of morpholine rings is 1. The Morgan fingerprint density at radius 1 is 1.08 bits per heavy atom. The first-order chi connectivity index (χ1) is 18.0. The maximum Gasteiger partial charge on any atom is 0.387 e. The van der Waals surface area contributed by atoms with Gasteiger partial charge in [0.25, 0.3) is 0 Å². The van der Waals surface area contributed by atoms with Crippen molar-refractivity contribution in [3.05, 3.63) is 70.6 Å². The van der Waals surface area contributed by atoms with Gasteiger partial charge in [-0.1, -0.05) is 11.6 Å². The number of benzene rings is 1. The van der Waals surface area contributed by atoms with E-state index in [-0.39, 0.29) is 11.3 Å². The van der Waals surface area contributed by atoms with E-state index in [9.17, 15) is 8.78 Å². The smallest absolute Gasteiger partial charge is 0.387 e. The van der Waals surface area contributed by atoms with Crippen molar-refractivity contribution in [3.8, 4) is 16.9 Å². The van der Waals surface area contributed by atoms with Crippen molar-refractivity contribution < 1.29 is 27.4 Å². The summed E-state index contributed by atoms with van der Waals surface area (Å²) in [5.41, 5.74) is 2.72. The van der Waals surface area contributed by atoms with Crippen molar-refractivity contribution in [1.82, 2.24) is 19.4 Å². The molecule has 12 heteroatoms. The summed E-state index contributed by atoms with van der Waals surface area (Å²) in [4.78, 5) is 15.4. The van der Waals surface area contributed by atoms with Crippen molar-refractivity contribution in [1.29, 1.82) is 0 Å². The van der Waals surface area contributed by atoms with E-state index in [1.54, 1.807) is 23.0 Å². The van der Waals surface area contributed by atoms with Gasteiger partial charge in [0, 0.05) is 65.9 Å². The number of ether oxygens (including phenoxy) is 3. The van der Waals surface area contributed by atoms with Crippen molar-refractivity contribution in [2.75, 3.05) is 37.8 Å². The van der Waals surface area contributed by atoms with Gasteiger partial charge in [-0.15, -0.1) is 0 Å². The maximum absolute atomic E-state index is 15.2. The summed E-state index contributed by atoms with van der Waals surface area (Å²) < 4.78 is 59.3. The summed E-state index contributed by atoms with van der Waals surface area (Å²) in [6.07, 6.45) is 4.43. The van der Waals surface area contributed by atoms with Gasteiger partial charge in [-0.05, 0) is 18.2 Å². The number of alkyl halides is 2. The molecule has 0 aliphatic carbocycles. The highest BCUT2D eigenvalue weighted by atomic mass is 35.5. The number of rotatable bonds is 5. The average Bonchev–Trinajstić information content (AvgIpc) is 3.27. The van der Waals surface area contributed by atoms with Gasteiger partial charge < -0.3 is 19.1 Å².